The van der Waals surface area contributed by atoms with Crippen LogP contribution in [0.3, 0.4) is 0 Å². The molecule has 2 saturated carbocycles. The number of pyridine rings is 1. The molecule has 0 bridgehead atoms. The normalized spacial score (nSPS) is 16.4. The van der Waals surface area contributed by atoms with Gasteiger partial charge in [0.25, 0.3) is 5.91 Å². The van der Waals surface area contributed by atoms with Crippen LogP contribution in [0.1, 0.15) is 45.1 Å². The van der Waals surface area contributed by atoms with Crippen LogP contribution in [0.2, 0.25) is 5.02 Å². The lowest BCUT2D eigenvalue weighted by Gasteiger charge is -2.28. The summed E-state index contributed by atoms with van der Waals surface area (Å²) in [4.78, 5) is 30.9. The zero-order valence-corrected chi connectivity index (χ0v) is 22.1. The number of ether oxygens (including phenoxy) is 1. The van der Waals surface area contributed by atoms with Gasteiger partial charge in [-0.3, -0.25) is 14.3 Å². The molecule has 2 aromatic heterocycles. The Morgan fingerprint density at radius 3 is 2.51 bits per heavy atom. The predicted molar refractivity (Wildman–Crippen MR) is 142 cm³/mol. The van der Waals surface area contributed by atoms with Crippen molar-refractivity contribution in [1.29, 1.82) is 5.41 Å². The molecule has 10 nitrogen and oxygen atoms in total. The minimum Gasteiger partial charge on any atom is -0.481 e. The molecule has 4 rings (SSSR count). The summed E-state index contributed by atoms with van der Waals surface area (Å²) in [6.07, 6.45) is 11.6. The lowest BCUT2D eigenvalue weighted by Crippen LogP contribution is -2.51. The molecule has 198 valence electrons. The van der Waals surface area contributed by atoms with Crippen molar-refractivity contribution in [3.8, 4) is 5.88 Å². The van der Waals surface area contributed by atoms with Crippen molar-refractivity contribution in [2.75, 3.05) is 12.4 Å². The molecular weight excluding hydrogens is 494 g/mol. The molecule has 0 spiro atoms. The van der Waals surface area contributed by atoms with Crippen LogP contribution in [-0.4, -0.2) is 52.0 Å². The Kier molecular flexibility index (Phi) is 8.48. The molecule has 2 aromatic rings. The van der Waals surface area contributed by atoms with E-state index in [0.29, 0.717) is 35.0 Å². The Labute approximate surface area is 221 Å². The largest absolute Gasteiger partial charge is 0.481 e. The second-order valence-electron chi connectivity index (χ2n) is 9.99. The number of amides is 2. The van der Waals surface area contributed by atoms with E-state index in [2.05, 4.69) is 26.0 Å². The number of methoxy groups -OCH3 is 1. The Hall–Kier alpha value is -3.40. The van der Waals surface area contributed by atoms with Crippen LogP contribution in [0.25, 0.3) is 0 Å². The zero-order chi connectivity index (χ0) is 26.5. The average Bonchev–Trinajstić information content (AvgIpc) is 3.79. The molecule has 0 unspecified atom stereocenters. The highest BCUT2D eigenvalue weighted by Crippen LogP contribution is 2.50. The van der Waals surface area contributed by atoms with Crippen LogP contribution in [0.4, 0.5) is 5.69 Å². The molecule has 2 fully saturated rings. The fourth-order valence-electron chi connectivity index (χ4n) is 4.71. The van der Waals surface area contributed by atoms with E-state index in [1.54, 1.807) is 30.3 Å². The fraction of sp³-hybridized carbons (Fsp3) is 0.500. The standard InChI is InChI=1S/C26H34ClN7O3/c1-15(2)31-21(8-9-28)24(35)33-23(22(16-4-5-16)17-6-7-17)25(36)32-20-12-30-34(14-20)13-18-10-19(27)11-29-26(18)37-3/h8-12,14-17,22-23,28,31H,4-7,13H2,1-3H3,(H,32,36)(H,33,35)/b21-8-,28-9?/t23-/m0/s1. The van der Waals surface area contributed by atoms with Gasteiger partial charge in [0, 0.05) is 30.2 Å². The summed E-state index contributed by atoms with van der Waals surface area (Å²) in [5.41, 5.74) is 1.55. The third kappa shape index (κ3) is 7.09. The predicted octanol–water partition coefficient (Wildman–Crippen LogP) is 3.38. The Balaban J connectivity index is 1.50. The Morgan fingerprint density at radius 2 is 1.92 bits per heavy atom. The molecule has 0 saturated heterocycles. The van der Waals surface area contributed by atoms with E-state index >= 15 is 0 Å². The smallest absolute Gasteiger partial charge is 0.268 e. The zero-order valence-electron chi connectivity index (χ0n) is 21.3. The summed E-state index contributed by atoms with van der Waals surface area (Å²) in [5.74, 6) is 0.747. The van der Waals surface area contributed by atoms with Crippen molar-refractivity contribution in [1.82, 2.24) is 25.4 Å². The van der Waals surface area contributed by atoms with Crippen molar-refractivity contribution in [3.05, 3.63) is 47.0 Å². The van der Waals surface area contributed by atoms with Crippen LogP contribution < -0.4 is 20.7 Å². The number of rotatable bonds is 13. The van der Waals surface area contributed by atoms with Gasteiger partial charge in [-0.1, -0.05) is 11.6 Å². The second kappa shape index (κ2) is 11.8. The van der Waals surface area contributed by atoms with E-state index in [4.69, 9.17) is 21.7 Å². The maximum Gasteiger partial charge on any atom is 0.268 e. The van der Waals surface area contributed by atoms with Crippen LogP contribution in [0.15, 0.2) is 36.4 Å². The third-order valence-corrected chi connectivity index (χ3v) is 6.75. The highest BCUT2D eigenvalue weighted by atomic mass is 35.5. The topological polar surface area (TPSA) is 134 Å². The molecule has 2 amide bonds. The van der Waals surface area contributed by atoms with Crippen molar-refractivity contribution in [3.63, 3.8) is 0 Å². The molecular formula is C26H34ClN7O3. The van der Waals surface area contributed by atoms with E-state index in [9.17, 15) is 9.59 Å². The molecule has 11 heteroatoms. The first-order valence-electron chi connectivity index (χ1n) is 12.6. The van der Waals surface area contributed by atoms with Gasteiger partial charge in [0.2, 0.25) is 11.8 Å². The van der Waals surface area contributed by atoms with Crippen molar-refractivity contribution >= 4 is 35.3 Å². The SMILES string of the molecule is COc1ncc(Cl)cc1Cn1cc(NC(=O)[C@@H](NC(=O)/C(=C/C=N)NC(C)C)C(C2CC2)C2CC2)cn1. The Bertz CT molecular complexity index is 1160. The summed E-state index contributed by atoms with van der Waals surface area (Å²) in [5, 5.41) is 21.3. The van der Waals surface area contributed by atoms with Gasteiger partial charge in [-0.2, -0.15) is 5.10 Å². The van der Waals surface area contributed by atoms with E-state index < -0.39 is 6.04 Å². The van der Waals surface area contributed by atoms with E-state index in [1.165, 1.54) is 12.3 Å². The van der Waals surface area contributed by atoms with Crippen LogP contribution in [0.5, 0.6) is 5.88 Å². The van der Waals surface area contributed by atoms with Gasteiger partial charge < -0.3 is 26.1 Å². The fourth-order valence-corrected chi connectivity index (χ4v) is 4.89. The van der Waals surface area contributed by atoms with E-state index in [-0.39, 0.29) is 29.5 Å². The average molecular weight is 528 g/mol. The van der Waals surface area contributed by atoms with Crippen molar-refractivity contribution in [2.45, 2.75) is 58.2 Å². The molecule has 2 aliphatic carbocycles. The van der Waals surface area contributed by atoms with E-state index in [1.807, 2.05) is 13.8 Å². The molecule has 0 radical (unpaired) electrons. The minimum absolute atomic E-state index is 0.00560. The third-order valence-electron chi connectivity index (χ3n) is 6.54. The number of carbonyl (C=O) groups is 2. The number of nitrogens with one attached hydrogen (secondary N) is 4. The number of anilines is 1. The van der Waals surface area contributed by atoms with Gasteiger partial charge in [0.15, 0.2) is 0 Å². The number of allylic oxidation sites excluding steroid dienone is 1. The quantitative estimate of drug-likeness (QED) is 0.233. The first-order chi connectivity index (χ1) is 17.8. The van der Waals surface area contributed by atoms with Crippen LogP contribution in [-0.2, 0) is 16.1 Å². The number of aromatic nitrogens is 3. The Morgan fingerprint density at radius 1 is 1.22 bits per heavy atom. The second-order valence-corrected chi connectivity index (χ2v) is 10.4. The molecule has 1 atom stereocenters. The van der Waals surface area contributed by atoms with Crippen LogP contribution in [0, 0.1) is 23.2 Å². The number of hydrogen-bond donors (Lipinski definition) is 4. The molecule has 0 aliphatic heterocycles. The number of halogens is 1. The summed E-state index contributed by atoms with van der Waals surface area (Å²) < 4.78 is 6.97. The van der Waals surface area contributed by atoms with Crippen LogP contribution >= 0.6 is 11.6 Å². The first-order valence-corrected chi connectivity index (χ1v) is 13.0. The van der Waals surface area contributed by atoms with Crippen molar-refractivity contribution in [2.24, 2.45) is 17.8 Å². The van der Waals surface area contributed by atoms with Gasteiger partial charge in [-0.05, 0) is 69.4 Å². The highest BCUT2D eigenvalue weighted by Gasteiger charge is 2.48. The summed E-state index contributed by atoms with van der Waals surface area (Å²) in [6, 6.07) is 1.08. The number of carbonyl (C=O) groups excluding carboxylic acids is 2. The number of nitrogens with zero attached hydrogens (tertiary/aromatic N) is 3. The van der Waals surface area contributed by atoms with Gasteiger partial charge >= 0.3 is 0 Å². The molecule has 0 aromatic carbocycles. The van der Waals surface area contributed by atoms with Gasteiger partial charge in [-0.25, -0.2) is 4.98 Å². The molecule has 2 aliphatic rings. The maximum absolute atomic E-state index is 13.6. The number of hydrogen-bond acceptors (Lipinski definition) is 7. The maximum atomic E-state index is 13.6. The van der Waals surface area contributed by atoms with Crippen molar-refractivity contribution < 1.29 is 14.3 Å². The van der Waals surface area contributed by atoms with Gasteiger partial charge in [0.05, 0.1) is 30.6 Å². The summed E-state index contributed by atoms with van der Waals surface area (Å²) >= 11 is 6.09. The monoisotopic (exact) mass is 527 g/mol. The first kappa shape index (κ1) is 26.7. The molecule has 2 heterocycles. The molecule has 37 heavy (non-hydrogen) atoms. The minimum atomic E-state index is -0.684. The summed E-state index contributed by atoms with van der Waals surface area (Å²) in [7, 11) is 1.54. The van der Waals surface area contributed by atoms with Gasteiger partial charge in [0.1, 0.15) is 11.7 Å². The highest BCUT2D eigenvalue weighted by molar-refractivity contribution is 6.30. The lowest BCUT2D eigenvalue weighted by atomic mass is 9.88. The van der Waals surface area contributed by atoms with Gasteiger partial charge in [-0.15, -0.1) is 0 Å². The van der Waals surface area contributed by atoms with E-state index in [0.717, 1.165) is 37.5 Å². The lowest BCUT2D eigenvalue weighted by molar-refractivity contribution is -0.126. The molecule has 4 N–H and O–H groups in total. The summed E-state index contributed by atoms with van der Waals surface area (Å²) in [6.45, 7) is 4.19.